The Morgan fingerprint density at radius 1 is 0.864 bits per heavy atom. The van der Waals surface area contributed by atoms with Crippen molar-refractivity contribution in [3.05, 3.63) is 29.8 Å². The average molecular weight is 328 g/mol. The van der Waals surface area contributed by atoms with E-state index in [0.29, 0.717) is 0 Å². The monoisotopic (exact) mass is 328 g/mol. The maximum atomic E-state index is 13.6. The van der Waals surface area contributed by atoms with E-state index in [4.69, 9.17) is 9.05 Å². The predicted octanol–water partition coefficient (Wildman–Crippen LogP) is 5.17. The van der Waals surface area contributed by atoms with E-state index >= 15 is 0 Å². The highest BCUT2D eigenvalue weighted by Crippen LogP contribution is 2.76. The Hall–Kier alpha value is -0.830. The molecular weight excluding hydrogens is 299 g/mol. The van der Waals surface area contributed by atoms with Crippen LogP contribution in [-0.4, -0.2) is 19.3 Å². The molecule has 0 spiro atoms. The van der Waals surface area contributed by atoms with E-state index in [1.807, 2.05) is 41.5 Å². The minimum Gasteiger partial charge on any atom is -0.508 e. The molecule has 0 aliphatic carbocycles. The Kier molecular flexibility index (Phi) is 5.23. The first-order valence-corrected chi connectivity index (χ1v) is 8.93. The number of phenolic OH excluding ortho intramolecular Hbond substituents is 1. The summed E-state index contributed by atoms with van der Waals surface area (Å²) in [4.78, 5) is 0. The van der Waals surface area contributed by atoms with E-state index in [1.165, 1.54) is 14.2 Å². The minimum absolute atomic E-state index is 0.171. The van der Waals surface area contributed by atoms with Crippen LogP contribution in [0.2, 0.25) is 0 Å². The molecular formula is C17H29O4P. The lowest BCUT2D eigenvalue weighted by Crippen LogP contribution is -2.50. The molecule has 0 unspecified atom stereocenters. The highest BCUT2D eigenvalue weighted by molar-refractivity contribution is 7.55. The van der Waals surface area contributed by atoms with Crippen molar-refractivity contribution >= 4 is 7.60 Å². The lowest BCUT2D eigenvalue weighted by atomic mass is 9.62. The molecule has 0 heterocycles. The number of hydrogen-bond donors (Lipinski definition) is 1. The summed E-state index contributed by atoms with van der Waals surface area (Å²) in [6, 6.07) is 6.82. The van der Waals surface area contributed by atoms with Gasteiger partial charge < -0.3 is 14.2 Å². The zero-order chi connectivity index (χ0) is 17.4. The molecule has 1 rings (SSSR count). The fourth-order valence-electron chi connectivity index (χ4n) is 4.02. The summed E-state index contributed by atoms with van der Waals surface area (Å²) in [5, 5.41) is 8.73. The topological polar surface area (TPSA) is 55.8 Å². The van der Waals surface area contributed by atoms with Gasteiger partial charge in [0, 0.05) is 14.2 Å². The molecule has 126 valence electrons. The van der Waals surface area contributed by atoms with Crippen molar-refractivity contribution in [3.63, 3.8) is 0 Å². The van der Waals surface area contributed by atoms with Crippen molar-refractivity contribution < 1.29 is 18.7 Å². The molecule has 0 fully saturated rings. The quantitative estimate of drug-likeness (QED) is 0.775. The molecule has 0 atom stereocenters. The molecule has 22 heavy (non-hydrogen) atoms. The largest absolute Gasteiger partial charge is 0.508 e. The molecule has 0 aliphatic rings. The lowest BCUT2D eigenvalue weighted by Gasteiger charge is -2.55. The van der Waals surface area contributed by atoms with Gasteiger partial charge in [-0.25, -0.2) is 0 Å². The first-order valence-electron chi connectivity index (χ1n) is 7.38. The number of aromatic hydroxyl groups is 1. The van der Waals surface area contributed by atoms with Crippen LogP contribution in [0.1, 0.15) is 47.1 Å². The second-order valence-electron chi connectivity index (χ2n) is 7.62. The third-order valence-electron chi connectivity index (χ3n) is 4.35. The van der Waals surface area contributed by atoms with E-state index in [-0.39, 0.29) is 5.75 Å². The van der Waals surface area contributed by atoms with Crippen LogP contribution in [0, 0.1) is 10.8 Å². The van der Waals surface area contributed by atoms with Crippen LogP contribution in [0.15, 0.2) is 24.3 Å². The summed E-state index contributed by atoms with van der Waals surface area (Å²) in [6.07, 6.45) is 0. The van der Waals surface area contributed by atoms with Crippen molar-refractivity contribution in [3.8, 4) is 5.75 Å². The number of rotatable bonds is 4. The van der Waals surface area contributed by atoms with Crippen LogP contribution in [-0.2, 0) is 18.8 Å². The zero-order valence-electron chi connectivity index (χ0n) is 14.9. The Labute approximate surface area is 134 Å². The Morgan fingerprint density at radius 2 is 1.23 bits per heavy atom. The van der Waals surface area contributed by atoms with E-state index in [9.17, 15) is 9.67 Å². The summed E-state index contributed by atoms with van der Waals surface area (Å²) >= 11 is 0. The number of phenols is 1. The van der Waals surface area contributed by atoms with Gasteiger partial charge in [0.05, 0.1) is 0 Å². The molecule has 1 aromatic rings. The Bertz CT molecular complexity index is 528. The Morgan fingerprint density at radius 3 is 1.50 bits per heavy atom. The van der Waals surface area contributed by atoms with Gasteiger partial charge in [0.1, 0.15) is 10.9 Å². The normalized spacial score (nSPS) is 14.2. The van der Waals surface area contributed by atoms with Gasteiger partial charge in [-0.15, -0.1) is 0 Å². The highest BCUT2D eigenvalue weighted by Gasteiger charge is 2.64. The van der Waals surface area contributed by atoms with Crippen LogP contribution < -0.4 is 0 Å². The van der Waals surface area contributed by atoms with Crippen LogP contribution >= 0.6 is 7.60 Å². The molecule has 0 saturated heterocycles. The lowest BCUT2D eigenvalue weighted by molar-refractivity contribution is 0.0857. The first-order chi connectivity index (χ1) is 9.87. The average Bonchev–Trinajstić information content (AvgIpc) is 2.38. The Balaban J connectivity index is 3.92. The summed E-state index contributed by atoms with van der Waals surface area (Å²) in [5.74, 6) is 0.171. The smallest absolute Gasteiger partial charge is 0.341 e. The molecule has 0 aromatic heterocycles. The molecule has 5 heteroatoms. The third-order valence-corrected chi connectivity index (χ3v) is 7.73. The van der Waals surface area contributed by atoms with E-state index in [0.717, 1.165) is 5.56 Å². The fraction of sp³-hybridized carbons (Fsp3) is 0.647. The van der Waals surface area contributed by atoms with Crippen LogP contribution in [0.5, 0.6) is 5.75 Å². The molecule has 0 radical (unpaired) electrons. The van der Waals surface area contributed by atoms with Crippen LogP contribution in [0.25, 0.3) is 0 Å². The molecule has 1 N–H and O–H groups in total. The van der Waals surface area contributed by atoms with Crippen molar-refractivity contribution in [2.45, 2.75) is 46.7 Å². The predicted molar refractivity (Wildman–Crippen MR) is 90.3 cm³/mol. The van der Waals surface area contributed by atoms with Gasteiger partial charge in [-0.1, -0.05) is 53.7 Å². The fourth-order valence-corrected chi connectivity index (χ4v) is 6.83. The van der Waals surface area contributed by atoms with Gasteiger partial charge in [0.15, 0.2) is 0 Å². The van der Waals surface area contributed by atoms with E-state index in [1.54, 1.807) is 24.3 Å². The second-order valence-corrected chi connectivity index (χ2v) is 10.0. The van der Waals surface area contributed by atoms with E-state index in [2.05, 4.69) is 0 Å². The molecule has 0 amide bonds. The van der Waals surface area contributed by atoms with Crippen LogP contribution in [0.4, 0.5) is 0 Å². The van der Waals surface area contributed by atoms with Crippen molar-refractivity contribution in [1.82, 2.24) is 0 Å². The van der Waals surface area contributed by atoms with Crippen molar-refractivity contribution in [2.75, 3.05) is 14.2 Å². The minimum atomic E-state index is -3.48. The van der Waals surface area contributed by atoms with Gasteiger partial charge in [0.2, 0.25) is 0 Å². The molecule has 4 nitrogen and oxygen atoms in total. The number of benzene rings is 1. The van der Waals surface area contributed by atoms with E-state index < -0.39 is 23.6 Å². The standard InChI is InChI=1S/C17H29O4P/c1-15(2,3)17(16(4,5)6,22(19,20-7)21-8)13-9-11-14(18)12-10-13/h9-12,18H,1-8H3. The third kappa shape index (κ3) is 2.73. The maximum Gasteiger partial charge on any atom is 0.341 e. The van der Waals surface area contributed by atoms with Crippen molar-refractivity contribution in [1.29, 1.82) is 0 Å². The molecule has 0 saturated carbocycles. The molecule has 0 aliphatic heterocycles. The SMILES string of the molecule is COP(=O)(OC)C(c1ccc(O)cc1)(C(C)(C)C)C(C)(C)C. The van der Waals surface area contributed by atoms with Gasteiger partial charge in [0.25, 0.3) is 0 Å². The van der Waals surface area contributed by atoms with Gasteiger partial charge >= 0.3 is 7.60 Å². The second kappa shape index (κ2) is 5.99. The molecule has 0 bridgehead atoms. The van der Waals surface area contributed by atoms with Gasteiger partial charge in [-0.05, 0) is 28.5 Å². The highest BCUT2D eigenvalue weighted by atomic mass is 31.2. The van der Waals surface area contributed by atoms with Crippen LogP contribution in [0.3, 0.4) is 0 Å². The number of hydrogen-bond acceptors (Lipinski definition) is 4. The maximum absolute atomic E-state index is 13.6. The summed E-state index contributed by atoms with van der Waals surface area (Å²) in [7, 11) is -0.629. The summed E-state index contributed by atoms with van der Waals surface area (Å²) in [6.45, 7) is 12.2. The van der Waals surface area contributed by atoms with Gasteiger partial charge in [-0.3, -0.25) is 4.57 Å². The molecule has 1 aromatic carbocycles. The van der Waals surface area contributed by atoms with Crippen molar-refractivity contribution in [2.24, 2.45) is 10.8 Å². The summed E-state index contributed by atoms with van der Waals surface area (Å²) in [5.41, 5.74) is 0.00501. The summed E-state index contributed by atoms with van der Waals surface area (Å²) < 4.78 is 24.6. The first kappa shape index (κ1) is 19.2. The zero-order valence-corrected chi connectivity index (χ0v) is 15.8. The van der Waals surface area contributed by atoms with Gasteiger partial charge in [-0.2, -0.15) is 0 Å².